The van der Waals surface area contributed by atoms with Gasteiger partial charge < -0.3 is 0 Å². The molecule has 0 atom stereocenters. The van der Waals surface area contributed by atoms with E-state index in [1.165, 1.54) is 0 Å². The third-order valence-electron chi connectivity index (χ3n) is 3.89. The van der Waals surface area contributed by atoms with Gasteiger partial charge in [0.05, 0.1) is 17.4 Å². The molecule has 25 heavy (non-hydrogen) atoms. The van der Waals surface area contributed by atoms with E-state index < -0.39 is 0 Å². The lowest BCUT2D eigenvalue weighted by molar-refractivity contribution is 0.584. The number of nitrogens with zero attached hydrogens (tertiary/aromatic N) is 5. The molecule has 5 heteroatoms. The molecule has 0 spiro atoms. The molecule has 0 bridgehead atoms. The van der Waals surface area contributed by atoms with Crippen LogP contribution in [-0.4, -0.2) is 21.2 Å². The van der Waals surface area contributed by atoms with Gasteiger partial charge in [-0.3, -0.25) is 0 Å². The first kappa shape index (κ1) is 15.1. The van der Waals surface area contributed by atoms with Gasteiger partial charge >= 0.3 is 0 Å². The third kappa shape index (κ3) is 3.40. The molecule has 0 saturated heterocycles. The molecule has 5 nitrogen and oxygen atoms in total. The number of rotatable bonds is 5. The summed E-state index contributed by atoms with van der Waals surface area (Å²) in [4.78, 5) is 0. The van der Waals surface area contributed by atoms with Gasteiger partial charge in [-0.2, -0.15) is 5.10 Å². The van der Waals surface area contributed by atoms with Gasteiger partial charge in [0, 0.05) is 0 Å². The number of hydrogen-bond donors (Lipinski definition) is 0. The highest BCUT2D eigenvalue weighted by Crippen LogP contribution is 2.17. The molecule has 0 aliphatic rings. The summed E-state index contributed by atoms with van der Waals surface area (Å²) in [5.74, 6) is 0. The molecule has 0 unspecified atom stereocenters. The van der Waals surface area contributed by atoms with E-state index in [9.17, 15) is 0 Å². The minimum Gasteiger partial charge on any atom is -0.244 e. The summed E-state index contributed by atoms with van der Waals surface area (Å²) >= 11 is 0. The zero-order valence-corrected chi connectivity index (χ0v) is 13.6. The second-order valence-corrected chi connectivity index (χ2v) is 5.61. The average Bonchev–Trinajstić information content (AvgIpc) is 3.09. The highest BCUT2D eigenvalue weighted by atomic mass is 15.6. The van der Waals surface area contributed by atoms with E-state index in [1.54, 1.807) is 0 Å². The van der Waals surface area contributed by atoms with Gasteiger partial charge in [-0.15, -0.1) is 5.10 Å². The number of aromatic nitrogens is 3. The minimum absolute atomic E-state index is 0.480. The van der Waals surface area contributed by atoms with Crippen LogP contribution < -0.4 is 5.01 Å². The van der Waals surface area contributed by atoms with Crippen molar-refractivity contribution in [2.75, 3.05) is 5.01 Å². The van der Waals surface area contributed by atoms with Crippen LogP contribution in [0, 0.1) is 0 Å². The first-order chi connectivity index (χ1) is 12.4. The van der Waals surface area contributed by atoms with Crippen LogP contribution in [-0.2, 0) is 6.67 Å². The van der Waals surface area contributed by atoms with Gasteiger partial charge in [-0.05, 0) is 29.8 Å². The van der Waals surface area contributed by atoms with Crippen LogP contribution in [0.3, 0.4) is 0 Å². The van der Waals surface area contributed by atoms with Crippen LogP contribution >= 0.6 is 0 Å². The maximum Gasteiger partial charge on any atom is 0.136 e. The normalized spacial score (nSPS) is 11.2. The molecule has 0 fully saturated rings. The van der Waals surface area contributed by atoms with E-state index in [4.69, 9.17) is 0 Å². The van der Waals surface area contributed by atoms with Crippen LogP contribution in [0.15, 0.2) is 90.0 Å². The van der Waals surface area contributed by atoms with Gasteiger partial charge in [0.1, 0.15) is 12.2 Å². The SMILES string of the molecule is C(=N\N(Cn1nnc2ccccc21)c1ccccc1)/c1ccccc1. The fraction of sp³-hybridized carbons (Fsp3) is 0.0500. The van der Waals surface area contributed by atoms with Gasteiger partial charge in [0.15, 0.2) is 0 Å². The van der Waals surface area contributed by atoms with Crippen molar-refractivity contribution < 1.29 is 0 Å². The van der Waals surface area contributed by atoms with Crippen molar-refractivity contribution in [1.29, 1.82) is 0 Å². The van der Waals surface area contributed by atoms with Crippen molar-refractivity contribution in [2.45, 2.75) is 6.67 Å². The van der Waals surface area contributed by atoms with Gasteiger partial charge in [0.2, 0.25) is 0 Å². The zero-order valence-electron chi connectivity index (χ0n) is 13.6. The second-order valence-electron chi connectivity index (χ2n) is 5.61. The maximum absolute atomic E-state index is 4.67. The molecule has 0 saturated carbocycles. The molecule has 1 heterocycles. The molecule has 4 rings (SSSR count). The fourth-order valence-corrected chi connectivity index (χ4v) is 2.61. The summed E-state index contributed by atoms with van der Waals surface area (Å²) in [5.41, 5.74) is 3.90. The molecule has 0 aliphatic carbocycles. The second kappa shape index (κ2) is 6.97. The van der Waals surface area contributed by atoms with Crippen LogP contribution in [0.5, 0.6) is 0 Å². The minimum atomic E-state index is 0.480. The van der Waals surface area contributed by atoms with Crippen LogP contribution in [0.2, 0.25) is 0 Å². The predicted molar refractivity (Wildman–Crippen MR) is 100 cm³/mol. The summed E-state index contributed by atoms with van der Waals surface area (Å²) in [6, 6.07) is 28.0. The lowest BCUT2D eigenvalue weighted by atomic mass is 10.2. The zero-order chi connectivity index (χ0) is 16.9. The Kier molecular flexibility index (Phi) is 4.20. The summed E-state index contributed by atoms with van der Waals surface area (Å²) in [6.45, 7) is 0.480. The van der Waals surface area contributed by atoms with Crippen molar-refractivity contribution in [3.05, 3.63) is 90.5 Å². The van der Waals surface area contributed by atoms with E-state index in [0.29, 0.717) is 6.67 Å². The molecule has 1 aromatic heterocycles. The summed E-state index contributed by atoms with van der Waals surface area (Å²) in [5, 5.41) is 15.1. The Bertz CT molecular complexity index is 977. The highest BCUT2D eigenvalue weighted by molar-refractivity contribution is 5.80. The number of hydrazone groups is 1. The first-order valence-electron chi connectivity index (χ1n) is 8.10. The standard InChI is InChI=1S/C20H17N5/c1-3-9-17(10-4-1)15-21-24(18-11-5-2-6-12-18)16-25-20-14-8-7-13-19(20)22-23-25/h1-15H,16H2/b21-15+. The largest absolute Gasteiger partial charge is 0.244 e. The van der Waals surface area contributed by atoms with Crippen molar-refractivity contribution in [3.63, 3.8) is 0 Å². The molecule has 0 N–H and O–H groups in total. The van der Waals surface area contributed by atoms with Gasteiger partial charge in [-0.1, -0.05) is 65.9 Å². The Morgan fingerprint density at radius 1 is 0.840 bits per heavy atom. The summed E-state index contributed by atoms with van der Waals surface area (Å²) in [6.07, 6.45) is 1.85. The molecule has 0 amide bonds. The van der Waals surface area contributed by atoms with Crippen molar-refractivity contribution in [1.82, 2.24) is 15.0 Å². The number of benzene rings is 3. The van der Waals surface area contributed by atoms with E-state index in [1.807, 2.05) is 101 Å². The molecule has 0 radical (unpaired) electrons. The van der Waals surface area contributed by atoms with Crippen molar-refractivity contribution in [2.24, 2.45) is 5.10 Å². The quantitative estimate of drug-likeness (QED) is 0.412. The Balaban J connectivity index is 1.67. The smallest absolute Gasteiger partial charge is 0.136 e. The van der Waals surface area contributed by atoms with Crippen LogP contribution in [0.4, 0.5) is 5.69 Å². The van der Waals surface area contributed by atoms with Crippen LogP contribution in [0.25, 0.3) is 11.0 Å². The third-order valence-corrected chi connectivity index (χ3v) is 3.89. The van der Waals surface area contributed by atoms with E-state index >= 15 is 0 Å². The van der Waals surface area contributed by atoms with E-state index in [-0.39, 0.29) is 0 Å². The monoisotopic (exact) mass is 327 g/mol. The van der Waals surface area contributed by atoms with Gasteiger partial charge in [-0.25, -0.2) is 9.69 Å². The molecule has 4 aromatic rings. The number of anilines is 1. The molecular weight excluding hydrogens is 310 g/mol. The topological polar surface area (TPSA) is 46.3 Å². The van der Waals surface area contributed by atoms with Crippen molar-refractivity contribution >= 4 is 22.9 Å². The van der Waals surface area contributed by atoms with Crippen LogP contribution in [0.1, 0.15) is 5.56 Å². The Hall–Kier alpha value is -3.47. The fourth-order valence-electron chi connectivity index (χ4n) is 2.61. The van der Waals surface area contributed by atoms with Gasteiger partial charge in [0.25, 0.3) is 0 Å². The molecule has 3 aromatic carbocycles. The Morgan fingerprint density at radius 3 is 2.32 bits per heavy atom. The molecular formula is C20H17N5. The summed E-state index contributed by atoms with van der Waals surface area (Å²) < 4.78 is 1.85. The Labute approximate surface area is 145 Å². The Morgan fingerprint density at radius 2 is 1.52 bits per heavy atom. The summed E-state index contributed by atoms with van der Waals surface area (Å²) in [7, 11) is 0. The average molecular weight is 327 g/mol. The van der Waals surface area contributed by atoms with Crippen molar-refractivity contribution in [3.8, 4) is 0 Å². The molecule has 0 aliphatic heterocycles. The van der Waals surface area contributed by atoms with E-state index in [0.717, 1.165) is 22.3 Å². The predicted octanol–water partition coefficient (Wildman–Crippen LogP) is 3.93. The highest BCUT2D eigenvalue weighted by Gasteiger charge is 2.09. The lowest BCUT2D eigenvalue weighted by Crippen LogP contribution is -2.21. The van der Waals surface area contributed by atoms with E-state index in [2.05, 4.69) is 15.4 Å². The molecule has 122 valence electrons. The first-order valence-corrected chi connectivity index (χ1v) is 8.10. The lowest BCUT2D eigenvalue weighted by Gasteiger charge is -2.19. The number of fused-ring (bicyclic) bond motifs is 1. The number of para-hydroxylation sites is 2. The maximum atomic E-state index is 4.67. The number of hydrogen-bond acceptors (Lipinski definition) is 4.